The number of rotatable bonds is 10. The van der Waals surface area contributed by atoms with Gasteiger partial charge in [0.15, 0.2) is 0 Å². The lowest BCUT2D eigenvalue weighted by Crippen LogP contribution is -2.50. The molecule has 0 aromatic heterocycles. The molecular weight excluding hydrogens is 403 g/mol. The number of aryl methyl sites for hydroxylation is 1. The van der Waals surface area contributed by atoms with Crippen molar-refractivity contribution in [3.63, 3.8) is 0 Å². The van der Waals surface area contributed by atoms with Crippen LogP contribution in [0.15, 0.2) is 84.9 Å². The van der Waals surface area contributed by atoms with E-state index in [1.165, 1.54) is 11.0 Å². The van der Waals surface area contributed by atoms with Crippen LogP contribution in [-0.4, -0.2) is 29.3 Å². The molecular formula is C27H29FN2O2. The van der Waals surface area contributed by atoms with Gasteiger partial charge in [-0.25, -0.2) is 4.39 Å². The first-order valence-electron chi connectivity index (χ1n) is 11.0. The van der Waals surface area contributed by atoms with Crippen LogP contribution in [0.4, 0.5) is 4.39 Å². The number of nitrogens with zero attached hydrogens (tertiary/aromatic N) is 1. The van der Waals surface area contributed by atoms with Crippen molar-refractivity contribution in [1.82, 2.24) is 10.2 Å². The fraction of sp³-hybridized carbons (Fsp3) is 0.259. The Morgan fingerprint density at radius 3 is 2.09 bits per heavy atom. The molecule has 3 aromatic rings. The van der Waals surface area contributed by atoms with Gasteiger partial charge in [-0.3, -0.25) is 9.59 Å². The summed E-state index contributed by atoms with van der Waals surface area (Å²) in [5.41, 5.74) is 2.38. The van der Waals surface area contributed by atoms with Gasteiger partial charge in [0.2, 0.25) is 11.8 Å². The van der Waals surface area contributed by atoms with Crippen molar-refractivity contribution in [3.8, 4) is 0 Å². The summed E-state index contributed by atoms with van der Waals surface area (Å²) in [6.45, 7) is 2.33. The molecule has 0 aliphatic heterocycles. The van der Waals surface area contributed by atoms with Gasteiger partial charge in [0.1, 0.15) is 11.9 Å². The van der Waals surface area contributed by atoms with Crippen molar-refractivity contribution in [2.75, 3.05) is 6.54 Å². The van der Waals surface area contributed by atoms with Crippen molar-refractivity contribution >= 4 is 11.8 Å². The molecule has 3 rings (SSSR count). The Kier molecular flexibility index (Phi) is 8.55. The lowest BCUT2D eigenvalue weighted by Gasteiger charge is -2.31. The summed E-state index contributed by atoms with van der Waals surface area (Å²) in [4.78, 5) is 28.0. The highest BCUT2D eigenvalue weighted by Crippen LogP contribution is 2.18. The number of hydrogen-bond acceptors (Lipinski definition) is 2. The average molecular weight is 433 g/mol. The molecule has 32 heavy (non-hydrogen) atoms. The minimum atomic E-state index is -0.736. The number of carbonyl (C=O) groups is 2. The van der Waals surface area contributed by atoms with Gasteiger partial charge in [0.25, 0.3) is 0 Å². The van der Waals surface area contributed by atoms with Crippen molar-refractivity contribution < 1.29 is 14.0 Å². The molecule has 0 saturated heterocycles. The van der Waals surface area contributed by atoms with E-state index in [1.807, 2.05) is 67.6 Å². The van der Waals surface area contributed by atoms with Crippen LogP contribution in [-0.2, 0) is 29.0 Å². The Balaban J connectivity index is 1.89. The molecule has 0 aliphatic rings. The summed E-state index contributed by atoms with van der Waals surface area (Å²) in [7, 11) is 0. The molecule has 1 atom stereocenters. The van der Waals surface area contributed by atoms with Gasteiger partial charge in [-0.05, 0) is 30.5 Å². The number of carbonyl (C=O) groups excluding carboxylic acids is 2. The third-order valence-electron chi connectivity index (χ3n) is 5.39. The molecule has 0 bridgehead atoms. The first-order chi connectivity index (χ1) is 15.6. The number of likely N-dealkylation sites (N-methyl/N-ethyl adjacent to an activating group) is 1. The van der Waals surface area contributed by atoms with Crippen LogP contribution in [0.5, 0.6) is 0 Å². The van der Waals surface area contributed by atoms with E-state index >= 15 is 0 Å². The maximum Gasteiger partial charge on any atom is 0.243 e. The summed E-state index contributed by atoms with van der Waals surface area (Å²) in [6.07, 6.45) is 1.16. The van der Waals surface area contributed by atoms with Crippen molar-refractivity contribution in [3.05, 3.63) is 107 Å². The number of hydrogen-bond donors (Lipinski definition) is 1. The van der Waals surface area contributed by atoms with Gasteiger partial charge >= 0.3 is 0 Å². The van der Waals surface area contributed by atoms with Gasteiger partial charge in [0, 0.05) is 31.5 Å². The van der Waals surface area contributed by atoms with Gasteiger partial charge in [-0.2, -0.15) is 0 Å². The summed E-state index contributed by atoms with van der Waals surface area (Å²) in [5, 5.41) is 2.85. The van der Waals surface area contributed by atoms with Gasteiger partial charge in [0.05, 0.1) is 0 Å². The van der Waals surface area contributed by atoms with Crippen LogP contribution < -0.4 is 5.32 Å². The van der Waals surface area contributed by atoms with E-state index in [1.54, 1.807) is 18.2 Å². The predicted molar refractivity (Wildman–Crippen MR) is 124 cm³/mol. The standard InChI is InChI=1S/C27H29FN2O2/c1-2-29-27(32)25(19-22-13-7-4-8-14-22)30(20-23-15-9-10-16-24(23)28)26(31)18-17-21-11-5-3-6-12-21/h3-16,25H,2,17-20H2,1H3,(H,29,32)/t25-/m0/s1. The Morgan fingerprint density at radius 2 is 1.47 bits per heavy atom. The molecule has 0 heterocycles. The van der Waals surface area contributed by atoms with Crippen LogP contribution in [0.3, 0.4) is 0 Å². The van der Waals surface area contributed by atoms with Crippen LogP contribution in [0.1, 0.15) is 30.0 Å². The lowest BCUT2D eigenvalue weighted by molar-refractivity contribution is -0.141. The molecule has 0 unspecified atom stereocenters. The number of amides is 2. The van der Waals surface area contributed by atoms with E-state index in [-0.39, 0.29) is 30.6 Å². The highest BCUT2D eigenvalue weighted by molar-refractivity contribution is 5.88. The molecule has 0 aliphatic carbocycles. The maximum atomic E-state index is 14.5. The first-order valence-corrected chi connectivity index (χ1v) is 11.0. The van der Waals surface area contributed by atoms with Crippen molar-refractivity contribution in [2.24, 2.45) is 0 Å². The van der Waals surface area contributed by atoms with E-state index < -0.39 is 6.04 Å². The van der Waals surface area contributed by atoms with E-state index in [0.29, 0.717) is 24.9 Å². The second kappa shape index (κ2) is 11.8. The molecule has 3 aromatic carbocycles. The molecule has 166 valence electrons. The third kappa shape index (κ3) is 6.51. The Bertz CT molecular complexity index is 1010. The van der Waals surface area contributed by atoms with E-state index in [9.17, 15) is 14.0 Å². The highest BCUT2D eigenvalue weighted by Gasteiger charge is 2.30. The average Bonchev–Trinajstić information content (AvgIpc) is 2.82. The summed E-state index contributed by atoms with van der Waals surface area (Å²) >= 11 is 0. The minimum Gasteiger partial charge on any atom is -0.355 e. The molecule has 2 amide bonds. The largest absolute Gasteiger partial charge is 0.355 e. The number of benzene rings is 3. The van der Waals surface area contributed by atoms with E-state index in [4.69, 9.17) is 0 Å². The first kappa shape index (κ1) is 23.2. The maximum absolute atomic E-state index is 14.5. The highest BCUT2D eigenvalue weighted by atomic mass is 19.1. The fourth-order valence-corrected chi connectivity index (χ4v) is 3.70. The molecule has 0 radical (unpaired) electrons. The van der Waals surface area contributed by atoms with E-state index in [2.05, 4.69) is 5.32 Å². The number of halogens is 1. The quantitative estimate of drug-likeness (QED) is 0.512. The van der Waals surface area contributed by atoms with Crippen LogP contribution >= 0.6 is 0 Å². The van der Waals surface area contributed by atoms with Gasteiger partial charge < -0.3 is 10.2 Å². The van der Waals surface area contributed by atoms with Crippen LogP contribution in [0.2, 0.25) is 0 Å². The molecule has 0 spiro atoms. The zero-order valence-corrected chi connectivity index (χ0v) is 18.3. The Hall–Kier alpha value is -3.47. The molecule has 1 N–H and O–H groups in total. The molecule has 5 heteroatoms. The normalized spacial score (nSPS) is 11.6. The topological polar surface area (TPSA) is 49.4 Å². The van der Waals surface area contributed by atoms with Gasteiger partial charge in [-0.1, -0.05) is 78.9 Å². The SMILES string of the molecule is CCNC(=O)[C@H](Cc1ccccc1)N(Cc1ccccc1F)C(=O)CCc1ccccc1. The fourth-order valence-electron chi connectivity index (χ4n) is 3.70. The number of nitrogens with one attached hydrogen (secondary N) is 1. The van der Waals surface area contributed by atoms with E-state index in [0.717, 1.165) is 11.1 Å². The summed E-state index contributed by atoms with van der Waals surface area (Å²) < 4.78 is 14.5. The molecule has 4 nitrogen and oxygen atoms in total. The second-order valence-electron chi connectivity index (χ2n) is 7.70. The van der Waals surface area contributed by atoms with Crippen LogP contribution in [0.25, 0.3) is 0 Å². The lowest BCUT2D eigenvalue weighted by atomic mass is 10.0. The zero-order valence-electron chi connectivity index (χ0n) is 18.3. The smallest absolute Gasteiger partial charge is 0.243 e. The van der Waals surface area contributed by atoms with Crippen LogP contribution in [0, 0.1) is 5.82 Å². The molecule has 0 fully saturated rings. The zero-order chi connectivity index (χ0) is 22.8. The summed E-state index contributed by atoms with van der Waals surface area (Å²) in [6, 6.07) is 25.0. The Labute approximate surface area is 189 Å². The van der Waals surface area contributed by atoms with Crippen molar-refractivity contribution in [1.29, 1.82) is 0 Å². The molecule has 0 saturated carbocycles. The van der Waals surface area contributed by atoms with Gasteiger partial charge in [-0.15, -0.1) is 0 Å². The third-order valence-corrected chi connectivity index (χ3v) is 5.39. The second-order valence-corrected chi connectivity index (χ2v) is 7.70. The minimum absolute atomic E-state index is 0.0366. The predicted octanol–water partition coefficient (Wildman–Crippen LogP) is 4.53. The van der Waals surface area contributed by atoms with Crippen molar-refractivity contribution in [2.45, 2.75) is 38.8 Å². The summed E-state index contributed by atoms with van der Waals surface area (Å²) in [5.74, 6) is -0.798. The monoisotopic (exact) mass is 432 g/mol. The Morgan fingerprint density at radius 1 is 0.875 bits per heavy atom.